The number of hydrogen-bond acceptors (Lipinski definition) is 4. The molecule has 0 N–H and O–H groups in total. The highest BCUT2D eigenvalue weighted by Crippen LogP contribution is 2.40. The topological polar surface area (TPSA) is 61.6 Å². The van der Waals surface area contributed by atoms with Crippen molar-refractivity contribution >= 4 is 28.0 Å². The Kier molecular flexibility index (Phi) is 6.06. The molecule has 4 aromatic carbocycles. The summed E-state index contributed by atoms with van der Waals surface area (Å²) >= 11 is 0. The SMILES string of the molecule is CCOC(=O)C1=C(c2ccccc2)c2ccc(OCc3ccc4ccccc4c3)cc2/C1=[N+](/C)[O-]. The van der Waals surface area contributed by atoms with Gasteiger partial charge < -0.3 is 14.7 Å². The zero-order chi connectivity index (χ0) is 24.4. The van der Waals surface area contributed by atoms with Crippen molar-refractivity contribution in [3.63, 3.8) is 0 Å². The quantitative estimate of drug-likeness (QED) is 0.159. The molecule has 0 amide bonds. The number of carbonyl (C=O) groups excluding carboxylic acids is 1. The Balaban J connectivity index is 1.52. The average molecular weight is 464 g/mol. The molecule has 5 heteroatoms. The summed E-state index contributed by atoms with van der Waals surface area (Å²) in [6, 6.07) is 29.6. The van der Waals surface area contributed by atoms with Gasteiger partial charge in [-0.25, -0.2) is 9.53 Å². The fraction of sp³-hybridized carbons (Fsp3) is 0.133. The van der Waals surface area contributed by atoms with Crippen LogP contribution in [0.15, 0.2) is 96.6 Å². The van der Waals surface area contributed by atoms with Crippen LogP contribution in [0.25, 0.3) is 16.3 Å². The number of ether oxygens (including phenoxy) is 2. The number of carbonyl (C=O) groups is 1. The summed E-state index contributed by atoms with van der Waals surface area (Å²) in [6.45, 7) is 2.36. The van der Waals surface area contributed by atoms with Crippen LogP contribution < -0.4 is 4.74 Å². The van der Waals surface area contributed by atoms with E-state index in [0.29, 0.717) is 23.5 Å². The molecule has 4 aromatic rings. The predicted molar refractivity (Wildman–Crippen MR) is 137 cm³/mol. The third kappa shape index (κ3) is 4.28. The van der Waals surface area contributed by atoms with Crippen LogP contribution in [0.4, 0.5) is 0 Å². The van der Waals surface area contributed by atoms with Crippen LogP contribution in [-0.4, -0.2) is 30.1 Å². The summed E-state index contributed by atoms with van der Waals surface area (Å²) in [6.07, 6.45) is 0. The molecule has 174 valence electrons. The van der Waals surface area contributed by atoms with Crippen LogP contribution in [0.5, 0.6) is 5.75 Å². The highest BCUT2D eigenvalue weighted by atomic mass is 16.5. The Labute approximate surface area is 204 Å². The van der Waals surface area contributed by atoms with E-state index < -0.39 is 5.97 Å². The smallest absolute Gasteiger partial charge is 0.345 e. The summed E-state index contributed by atoms with van der Waals surface area (Å²) in [5.74, 6) is 0.104. The number of fused-ring (bicyclic) bond motifs is 2. The minimum atomic E-state index is -0.515. The number of rotatable bonds is 6. The maximum absolute atomic E-state index is 13.0. The lowest BCUT2D eigenvalue weighted by molar-refractivity contribution is -0.421. The van der Waals surface area contributed by atoms with E-state index in [0.717, 1.165) is 26.8 Å². The first-order valence-electron chi connectivity index (χ1n) is 11.6. The zero-order valence-electron chi connectivity index (χ0n) is 19.7. The first kappa shape index (κ1) is 22.4. The maximum Gasteiger partial charge on any atom is 0.345 e. The lowest BCUT2D eigenvalue weighted by Crippen LogP contribution is -2.21. The molecule has 35 heavy (non-hydrogen) atoms. The molecule has 0 saturated heterocycles. The normalized spacial score (nSPS) is 14.1. The van der Waals surface area contributed by atoms with E-state index in [2.05, 4.69) is 24.3 Å². The van der Waals surface area contributed by atoms with Gasteiger partial charge in [-0.15, -0.1) is 0 Å². The van der Waals surface area contributed by atoms with Crippen LogP contribution >= 0.6 is 0 Å². The van der Waals surface area contributed by atoms with Gasteiger partial charge in [-0.3, -0.25) is 0 Å². The van der Waals surface area contributed by atoms with Crippen LogP contribution in [0.1, 0.15) is 29.2 Å². The molecule has 0 bridgehead atoms. The number of hydrogen-bond donors (Lipinski definition) is 0. The van der Waals surface area contributed by atoms with Crippen LogP contribution in [0.2, 0.25) is 0 Å². The van der Waals surface area contributed by atoms with Crippen molar-refractivity contribution in [3.05, 3.63) is 124 Å². The number of esters is 1. The fourth-order valence-electron chi connectivity index (χ4n) is 4.54. The highest BCUT2D eigenvalue weighted by Gasteiger charge is 2.39. The molecule has 0 unspecified atom stereocenters. The molecular weight excluding hydrogens is 438 g/mol. The van der Waals surface area contributed by atoms with Gasteiger partial charge in [0.15, 0.2) is 0 Å². The largest absolute Gasteiger partial charge is 0.624 e. The molecule has 1 aliphatic rings. The van der Waals surface area contributed by atoms with E-state index in [4.69, 9.17) is 9.47 Å². The van der Waals surface area contributed by atoms with Gasteiger partial charge in [-0.05, 0) is 58.7 Å². The molecule has 1 aliphatic carbocycles. The van der Waals surface area contributed by atoms with Gasteiger partial charge in [0.05, 0.1) is 12.2 Å². The van der Waals surface area contributed by atoms with Gasteiger partial charge in [-0.2, -0.15) is 0 Å². The van der Waals surface area contributed by atoms with E-state index in [-0.39, 0.29) is 17.9 Å². The summed E-state index contributed by atoms with van der Waals surface area (Å²) in [5, 5.41) is 15.0. The van der Waals surface area contributed by atoms with Gasteiger partial charge in [0.25, 0.3) is 0 Å². The minimum Gasteiger partial charge on any atom is -0.624 e. The Bertz CT molecular complexity index is 1480. The van der Waals surface area contributed by atoms with Crippen molar-refractivity contribution in [1.29, 1.82) is 0 Å². The Hall–Kier alpha value is -4.38. The molecule has 0 atom stereocenters. The second kappa shape index (κ2) is 9.47. The third-order valence-corrected chi connectivity index (χ3v) is 6.08. The third-order valence-electron chi connectivity index (χ3n) is 6.08. The molecule has 0 spiro atoms. The maximum atomic E-state index is 13.0. The van der Waals surface area contributed by atoms with E-state index in [1.54, 1.807) is 6.92 Å². The molecule has 0 radical (unpaired) electrons. The van der Waals surface area contributed by atoms with Crippen molar-refractivity contribution in [2.45, 2.75) is 13.5 Å². The second-order valence-electron chi connectivity index (χ2n) is 8.36. The first-order chi connectivity index (χ1) is 17.1. The van der Waals surface area contributed by atoms with Gasteiger partial charge >= 0.3 is 5.97 Å². The van der Waals surface area contributed by atoms with Crippen LogP contribution in [0.3, 0.4) is 0 Å². The highest BCUT2D eigenvalue weighted by molar-refractivity contribution is 6.35. The van der Waals surface area contributed by atoms with Crippen LogP contribution in [-0.2, 0) is 16.1 Å². The van der Waals surface area contributed by atoms with E-state index in [9.17, 15) is 10.0 Å². The Morgan fingerprint density at radius 3 is 2.34 bits per heavy atom. The van der Waals surface area contributed by atoms with Crippen molar-refractivity contribution in [1.82, 2.24) is 0 Å². The van der Waals surface area contributed by atoms with Gasteiger partial charge in [0, 0.05) is 5.57 Å². The zero-order valence-corrected chi connectivity index (χ0v) is 19.7. The Morgan fingerprint density at radius 2 is 1.60 bits per heavy atom. The molecule has 0 aromatic heterocycles. The first-order valence-corrected chi connectivity index (χ1v) is 11.6. The molecule has 5 nitrogen and oxygen atoms in total. The van der Waals surface area contributed by atoms with E-state index >= 15 is 0 Å². The lowest BCUT2D eigenvalue weighted by Gasteiger charge is -2.10. The van der Waals surface area contributed by atoms with E-state index in [1.807, 2.05) is 66.7 Å². The van der Waals surface area contributed by atoms with Gasteiger partial charge in [0.1, 0.15) is 25.0 Å². The lowest BCUT2D eigenvalue weighted by atomic mass is 9.97. The molecular formula is C30H25NO4. The van der Waals surface area contributed by atoms with E-state index in [1.165, 1.54) is 12.4 Å². The van der Waals surface area contributed by atoms with Crippen molar-refractivity contribution < 1.29 is 19.0 Å². The van der Waals surface area contributed by atoms with Crippen molar-refractivity contribution in [2.24, 2.45) is 0 Å². The van der Waals surface area contributed by atoms with Crippen molar-refractivity contribution in [3.8, 4) is 5.75 Å². The fourth-order valence-corrected chi connectivity index (χ4v) is 4.54. The summed E-state index contributed by atoms with van der Waals surface area (Å²) < 4.78 is 12.2. The summed E-state index contributed by atoms with van der Waals surface area (Å²) in [5.41, 5.74) is 4.60. The standard InChI is InChI=1S/C30H25NO4/c1-3-34-30(32)28-27(22-10-5-4-6-11-22)25-16-15-24(18-26(25)29(28)31(2)33)35-19-20-13-14-21-9-7-8-12-23(21)17-20/h4-18H,3,19H2,1-2H3/b31-29+. The second-order valence-corrected chi connectivity index (χ2v) is 8.36. The summed E-state index contributed by atoms with van der Waals surface area (Å²) in [7, 11) is 1.40. The molecule has 0 saturated carbocycles. The van der Waals surface area contributed by atoms with Crippen LogP contribution in [0, 0.1) is 5.21 Å². The van der Waals surface area contributed by atoms with Gasteiger partial charge in [-0.1, -0.05) is 66.7 Å². The molecule has 0 aliphatic heterocycles. The monoisotopic (exact) mass is 463 g/mol. The van der Waals surface area contributed by atoms with Gasteiger partial charge in [0.2, 0.25) is 5.71 Å². The number of hydroxylamine groups is 1. The Morgan fingerprint density at radius 1 is 0.857 bits per heavy atom. The van der Waals surface area contributed by atoms with Crippen molar-refractivity contribution in [2.75, 3.05) is 13.7 Å². The average Bonchev–Trinajstić information content (AvgIpc) is 3.23. The number of benzene rings is 4. The summed E-state index contributed by atoms with van der Waals surface area (Å²) in [4.78, 5) is 13.0. The molecule has 0 fully saturated rings. The molecule has 5 rings (SSSR count). The molecule has 0 heterocycles. The minimum absolute atomic E-state index is 0.219. The predicted octanol–water partition coefficient (Wildman–Crippen LogP) is 5.73. The number of nitrogens with zero attached hydrogens (tertiary/aromatic N) is 1.